The Morgan fingerprint density at radius 3 is 3.05 bits per heavy atom. The predicted molar refractivity (Wildman–Crippen MR) is 79.1 cm³/mol. The molecule has 3 atom stereocenters. The van der Waals surface area contributed by atoms with E-state index in [1.54, 1.807) is 11.8 Å². The Morgan fingerprint density at radius 1 is 1.63 bits per heavy atom. The number of nitrogens with one attached hydrogen (secondary N) is 1. The third-order valence-electron chi connectivity index (χ3n) is 4.60. The van der Waals surface area contributed by atoms with E-state index >= 15 is 0 Å². The molecule has 108 valence electrons. The summed E-state index contributed by atoms with van der Waals surface area (Å²) in [6.07, 6.45) is 2.90. The van der Waals surface area contributed by atoms with Gasteiger partial charge in [0.05, 0.1) is 6.10 Å². The number of amides is 1. The molecule has 0 aromatic heterocycles. The molecule has 3 unspecified atom stereocenters. The van der Waals surface area contributed by atoms with Gasteiger partial charge in [-0.15, -0.1) is 6.58 Å². The molecule has 2 aliphatic rings. The summed E-state index contributed by atoms with van der Waals surface area (Å²) in [4.78, 5) is 12.4. The summed E-state index contributed by atoms with van der Waals surface area (Å²) >= 11 is 1.75. The van der Waals surface area contributed by atoms with E-state index in [4.69, 9.17) is 10.5 Å². The van der Waals surface area contributed by atoms with Crippen LogP contribution in [-0.2, 0) is 9.53 Å². The number of nitrogens with two attached hydrogens (primary N) is 1. The second-order valence-electron chi connectivity index (χ2n) is 5.90. The summed E-state index contributed by atoms with van der Waals surface area (Å²) in [5.74, 6) is 1.94. The molecule has 0 radical (unpaired) electrons. The Balaban J connectivity index is 1.89. The highest BCUT2D eigenvalue weighted by Gasteiger charge is 2.71. The van der Waals surface area contributed by atoms with E-state index in [1.807, 2.05) is 19.9 Å². The summed E-state index contributed by atoms with van der Waals surface area (Å²) in [7, 11) is 0. The van der Waals surface area contributed by atoms with Crippen LogP contribution in [0.2, 0.25) is 0 Å². The summed E-state index contributed by atoms with van der Waals surface area (Å²) < 4.78 is 5.70. The first-order valence-electron chi connectivity index (χ1n) is 6.83. The third kappa shape index (κ3) is 2.22. The fourth-order valence-corrected chi connectivity index (χ4v) is 3.97. The van der Waals surface area contributed by atoms with Gasteiger partial charge >= 0.3 is 0 Å². The molecule has 1 amide bonds. The average Bonchev–Trinajstić information content (AvgIpc) is 2.85. The van der Waals surface area contributed by atoms with E-state index in [-0.39, 0.29) is 23.3 Å². The van der Waals surface area contributed by atoms with Crippen LogP contribution in [0, 0.1) is 11.3 Å². The SMILES string of the molecule is C=CCSCCNC(=O)C1(N)C2CCOC2C1(C)C. The highest BCUT2D eigenvalue weighted by Crippen LogP contribution is 2.58. The maximum atomic E-state index is 12.4. The molecule has 0 aromatic rings. The maximum Gasteiger partial charge on any atom is 0.241 e. The molecule has 1 aliphatic carbocycles. The number of hydrogen-bond acceptors (Lipinski definition) is 4. The molecule has 5 heteroatoms. The Kier molecular flexibility index (Phi) is 4.28. The molecule has 3 N–H and O–H groups in total. The van der Waals surface area contributed by atoms with Gasteiger partial charge < -0.3 is 15.8 Å². The molecular weight excluding hydrogens is 260 g/mol. The summed E-state index contributed by atoms with van der Waals surface area (Å²) in [5, 5.41) is 2.98. The minimum Gasteiger partial charge on any atom is -0.377 e. The molecule has 1 heterocycles. The number of ether oxygens (including phenoxy) is 1. The van der Waals surface area contributed by atoms with Gasteiger partial charge in [-0.25, -0.2) is 0 Å². The van der Waals surface area contributed by atoms with E-state index in [0.29, 0.717) is 6.54 Å². The van der Waals surface area contributed by atoms with Crippen LogP contribution in [-0.4, -0.2) is 42.2 Å². The number of carbonyl (C=O) groups is 1. The number of carbonyl (C=O) groups excluding carboxylic acids is 1. The van der Waals surface area contributed by atoms with Crippen molar-refractivity contribution in [2.24, 2.45) is 17.1 Å². The van der Waals surface area contributed by atoms with Gasteiger partial charge in [-0.1, -0.05) is 19.9 Å². The van der Waals surface area contributed by atoms with Gasteiger partial charge in [0.15, 0.2) is 0 Å². The van der Waals surface area contributed by atoms with Gasteiger partial charge in [0, 0.05) is 36.0 Å². The smallest absolute Gasteiger partial charge is 0.241 e. The molecule has 19 heavy (non-hydrogen) atoms. The molecular formula is C14H24N2O2S. The predicted octanol–water partition coefficient (Wildman–Crippen LogP) is 1.16. The van der Waals surface area contributed by atoms with E-state index < -0.39 is 5.54 Å². The molecule has 1 aliphatic heterocycles. The normalized spacial score (nSPS) is 35.3. The number of thioether (sulfide) groups is 1. The molecule has 1 saturated heterocycles. The summed E-state index contributed by atoms with van der Waals surface area (Å²) in [5.41, 5.74) is 5.37. The Bertz CT molecular complexity index is 372. The van der Waals surface area contributed by atoms with Gasteiger partial charge in [0.1, 0.15) is 5.54 Å². The van der Waals surface area contributed by atoms with Crippen molar-refractivity contribution in [3.63, 3.8) is 0 Å². The van der Waals surface area contributed by atoms with Crippen LogP contribution < -0.4 is 11.1 Å². The van der Waals surface area contributed by atoms with Crippen LogP contribution in [0.5, 0.6) is 0 Å². The number of rotatable bonds is 6. The number of fused-ring (bicyclic) bond motifs is 1. The van der Waals surface area contributed by atoms with Gasteiger partial charge in [0.2, 0.25) is 5.91 Å². The fourth-order valence-electron chi connectivity index (χ4n) is 3.39. The minimum atomic E-state index is -0.780. The zero-order valence-electron chi connectivity index (χ0n) is 11.8. The lowest BCUT2D eigenvalue weighted by molar-refractivity contribution is -0.175. The first kappa shape index (κ1) is 14.9. The van der Waals surface area contributed by atoms with Gasteiger partial charge in [-0.3, -0.25) is 4.79 Å². The maximum absolute atomic E-state index is 12.4. The highest BCUT2D eigenvalue weighted by molar-refractivity contribution is 7.99. The van der Waals surface area contributed by atoms with Crippen molar-refractivity contribution in [2.45, 2.75) is 31.9 Å². The van der Waals surface area contributed by atoms with Crippen LogP contribution in [0.4, 0.5) is 0 Å². The topological polar surface area (TPSA) is 64.4 Å². The molecule has 2 fully saturated rings. The number of hydrogen-bond donors (Lipinski definition) is 2. The van der Waals surface area contributed by atoms with Crippen molar-refractivity contribution >= 4 is 17.7 Å². The molecule has 0 bridgehead atoms. The second-order valence-corrected chi connectivity index (χ2v) is 7.05. The van der Waals surface area contributed by atoms with E-state index in [1.165, 1.54) is 0 Å². The summed E-state index contributed by atoms with van der Waals surface area (Å²) in [6.45, 7) is 9.11. The second kappa shape index (κ2) is 5.46. The fraction of sp³-hybridized carbons (Fsp3) is 0.786. The largest absolute Gasteiger partial charge is 0.377 e. The molecule has 1 saturated carbocycles. The monoisotopic (exact) mass is 284 g/mol. The molecule has 0 aromatic carbocycles. The standard InChI is InChI=1S/C14H24N2O2S/c1-4-8-19-9-6-16-12(17)14(15)10-5-7-18-11(10)13(14,2)3/h4,10-11H,1,5-9,15H2,2-3H3,(H,16,17). The van der Waals surface area contributed by atoms with Crippen molar-refractivity contribution in [1.82, 2.24) is 5.32 Å². The van der Waals surface area contributed by atoms with Crippen molar-refractivity contribution in [3.05, 3.63) is 12.7 Å². The lowest BCUT2D eigenvalue weighted by Gasteiger charge is -2.60. The van der Waals surface area contributed by atoms with Crippen molar-refractivity contribution in [1.29, 1.82) is 0 Å². The van der Waals surface area contributed by atoms with Crippen LogP contribution in [0.3, 0.4) is 0 Å². The summed E-state index contributed by atoms with van der Waals surface area (Å²) in [6, 6.07) is 0. The highest BCUT2D eigenvalue weighted by atomic mass is 32.2. The van der Waals surface area contributed by atoms with Gasteiger partial charge in [0.25, 0.3) is 0 Å². The van der Waals surface area contributed by atoms with Crippen LogP contribution in [0.25, 0.3) is 0 Å². The van der Waals surface area contributed by atoms with Crippen LogP contribution in [0.1, 0.15) is 20.3 Å². The van der Waals surface area contributed by atoms with Crippen LogP contribution >= 0.6 is 11.8 Å². The van der Waals surface area contributed by atoms with Crippen molar-refractivity contribution in [2.75, 3.05) is 24.7 Å². The van der Waals surface area contributed by atoms with Gasteiger partial charge in [-0.05, 0) is 6.42 Å². The first-order chi connectivity index (χ1) is 8.96. The molecule has 4 nitrogen and oxygen atoms in total. The van der Waals surface area contributed by atoms with E-state index in [2.05, 4.69) is 11.9 Å². The zero-order chi connectivity index (χ0) is 14.1. The lowest BCUT2D eigenvalue weighted by Crippen LogP contribution is -2.80. The Labute approximate surface area is 119 Å². The van der Waals surface area contributed by atoms with Crippen LogP contribution in [0.15, 0.2) is 12.7 Å². The molecule has 0 spiro atoms. The van der Waals surface area contributed by atoms with E-state index in [0.717, 1.165) is 24.5 Å². The lowest BCUT2D eigenvalue weighted by atomic mass is 9.48. The third-order valence-corrected chi connectivity index (χ3v) is 5.56. The average molecular weight is 284 g/mol. The Morgan fingerprint density at radius 2 is 2.37 bits per heavy atom. The minimum absolute atomic E-state index is 0.0246. The zero-order valence-corrected chi connectivity index (χ0v) is 12.6. The molecule has 2 rings (SSSR count). The first-order valence-corrected chi connectivity index (χ1v) is 7.99. The van der Waals surface area contributed by atoms with Gasteiger partial charge in [-0.2, -0.15) is 11.8 Å². The quantitative estimate of drug-likeness (QED) is 0.567. The van der Waals surface area contributed by atoms with Crippen molar-refractivity contribution < 1.29 is 9.53 Å². The Hall–Kier alpha value is -0.520. The van der Waals surface area contributed by atoms with Crippen molar-refractivity contribution in [3.8, 4) is 0 Å². The van der Waals surface area contributed by atoms with E-state index in [9.17, 15) is 4.79 Å².